The largest absolute Gasteiger partial charge is 0.291 e. The number of Topliss-reactive ketones (excluding diaryl/α,β-unsaturated/α-hetero) is 1. The number of nitrogens with one attached hydrogen (secondary N) is 1. The molecular weight excluding hydrogens is 200 g/mol. The van der Waals surface area contributed by atoms with Crippen molar-refractivity contribution in [2.75, 3.05) is 0 Å². The van der Waals surface area contributed by atoms with Gasteiger partial charge in [-0.15, -0.1) is 0 Å². The van der Waals surface area contributed by atoms with E-state index in [-0.39, 0.29) is 17.7 Å². The Morgan fingerprint density at radius 2 is 2.21 bits per heavy atom. The summed E-state index contributed by atoms with van der Waals surface area (Å²) >= 11 is 5.51. The minimum Gasteiger partial charge on any atom is -0.291 e. The average molecular weight is 213 g/mol. The summed E-state index contributed by atoms with van der Waals surface area (Å²) in [5, 5.41) is 0. The van der Waals surface area contributed by atoms with Gasteiger partial charge in [-0.25, -0.2) is 4.84 Å². The average Bonchev–Trinajstić information content (AvgIpc) is 2.19. The number of carbonyl (C=O) groups excluding carboxylic acids is 1. The maximum absolute atomic E-state index is 11.8. The first-order valence-electron chi connectivity index (χ1n) is 4.48. The summed E-state index contributed by atoms with van der Waals surface area (Å²) in [5.41, 5.74) is 0.444. The molecule has 1 heterocycles. The molecule has 3 nitrogen and oxygen atoms in total. The van der Waals surface area contributed by atoms with Gasteiger partial charge in [0.25, 0.3) is 0 Å². The summed E-state index contributed by atoms with van der Waals surface area (Å²) in [4.78, 5) is 18.3. The van der Waals surface area contributed by atoms with Crippen molar-refractivity contribution in [2.24, 2.45) is 5.92 Å². The Morgan fingerprint density at radius 1 is 1.50 bits per heavy atom. The van der Waals surface area contributed by atoms with Crippen LogP contribution in [0, 0.1) is 5.92 Å². The van der Waals surface area contributed by atoms with Crippen molar-refractivity contribution >= 4 is 17.6 Å². The normalized spacial score (nSPS) is 12.9. The van der Waals surface area contributed by atoms with Gasteiger partial charge in [0, 0.05) is 6.20 Å². The lowest BCUT2D eigenvalue weighted by Crippen LogP contribution is -2.36. The van der Waals surface area contributed by atoms with Crippen LogP contribution in [-0.2, 0) is 0 Å². The van der Waals surface area contributed by atoms with Gasteiger partial charge in [0.2, 0.25) is 0 Å². The number of ketones is 1. The molecule has 1 N–H and O–H groups in total. The van der Waals surface area contributed by atoms with Crippen molar-refractivity contribution in [3.05, 3.63) is 30.1 Å². The molecule has 0 aliphatic carbocycles. The maximum Gasteiger partial charge on any atom is 0.199 e. The second-order valence-electron chi connectivity index (χ2n) is 3.41. The van der Waals surface area contributed by atoms with Crippen LogP contribution in [0.4, 0.5) is 0 Å². The summed E-state index contributed by atoms with van der Waals surface area (Å²) in [6, 6.07) is 4.86. The summed E-state index contributed by atoms with van der Waals surface area (Å²) in [5.74, 6) is 0.0672. The third kappa shape index (κ3) is 2.53. The highest BCUT2D eigenvalue weighted by Gasteiger charge is 2.22. The number of pyridine rings is 1. The fourth-order valence-corrected chi connectivity index (χ4v) is 1.50. The summed E-state index contributed by atoms with van der Waals surface area (Å²) in [6.45, 7) is 3.86. The Balaban J connectivity index is 2.84. The quantitative estimate of drug-likeness (QED) is 0.614. The molecule has 1 atom stereocenters. The van der Waals surface area contributed by atoms with Crippen LogP contribution in [0.15, 0.2) is 24.4 Å². The van der Waals surface area contributed by atoms with Crippen molar-refractivity contribution in [3.8, 4) is 0 Å². The topological polar surface area (TPSA) is 42.0 Å². The van der Waals surface area contributed by atoms with E-state index in [2.05, 4.69) is 9.82 Å². The van der Waals surface area contributed by atoms with Crippen LogP contribution in [0.25, 0.3) is 0 Å². The van der Waals surface area contributed by atoms with E-state index in [4.69, 9.17) is 11.8 Å². The van der Waals surface area contributed by atoms with Crippen LogP contribution in [-0.4, -0.2) is 16.8 Å². The van der Waals surface area contributed by atoms with Gasteiger partial charge in [0.15, 0.2) is 5.78 Å². The number of hydrogen-bond donors (Lipinski definition) is 1. The predicted molar refractivity (Wildman–Crippen MR) is 56.2 cm³/mol. The highest BCUT2D eigenvalue weighted by atomic mass is 35.5. The van der Waals surface area contributed by atoms with E-state index in [1.807, 2.05) is 13.8 Å². The Kier molecular flexibility index (Phi) is 4.04. The van der Waals surface area contributed by atoms with Gasteiger partial charge in [0.05, 0.1) is 6.04 Å². The van der Waals surface area contributed by atoms with E-state index in [1.165, 1.54) is 0 Å². The Morgan fingerprint density at radius 3 is 2.64 bits per heavy atom. The van der Waals surface area contributed by atoms with E-state index >= 15 is 0 Å². The number of nitrogens with zero attached hydrogens (tertiary/aromatic N) is 1. The Labute approximate surface area is 88.6 Å². The molecule has 0 aliphatic heterocycles. The molecule has 0 amide bonds. The van der Waals surface area contributed by atoms with Gasteiger partial charge >= 0.3 is 0 Å². The van der Waals surface area contributed by atoms with Crippen molar-refractivity contribution in [3.63, 3.8) is 0 Å². The lowest BCUT2D eigenvalue weighted by Gasteiger charge is -2.16. The second-order valence-corrected chi connectivity index (χ2v) is 3.63. The van der Waals surface area contributed by atoms with E-state index in [0.717, 1.165) is 0 Å². The van der Waals surface area contributed by atoms with Gasteiger partial charge < -0.3 is 0 Å². The molecule has 0 saturated carbocycles. The number of halogens is 1. The number of carbonyl (C=O) groups is 1. The van der Waals surface area contributed by atoms with Gasteiger partial charge in [-0.05, 0) is 29.8 Å². The molecule has 0 aliphatic rings. The molecule has 0 saturated heterocycles. The number of hydrogen-bond acceptors (Lipinski definition) is 3. The molecular formula is C10H13ClN2O. The lowest BCUT2D eigenvalue weighted by molar-refractivity contribution is 0.0927. The molecule has 1 rings (SSSR count). The molecule has 76 valence electrons. The Bertz CT molecular complexity index is 300. The SMILES string of the molecule is CC(C)[C@H](NCl)C(=O)c1ccccn1. The summed E-state index contributed by atoms with van der Waals surface area (Å²) in [7, 11) is 0. The van der Waals surface area contributed by atoms with Gasteiger partial charge in [-0.3, -0.25) is 9.78 Å². The Hall–Kier alpha value is -0.930. The van der Waals surface area contributed by atoms with Crippen LogP contribution >= 0.6 is 11.8 Å². The summed E-state index contributed by atoms with van der Waals surface area (Å²) < 4.78 is 0. The zero-order chi connectivity index (χ0) is 10.6. The zero-order valence-corrected chi connectivity index (χ0v) is 8.95. The van der Waals surface area contributed by atoms with Crippen molar-refractivity contribution in [1.29, 1.82) is 0 Å². The monoisotopic (exact) mass is 212 g/mol. The molecule has 4 heteroatoms. The minimum absolute atomic E-state index is 0.0735. The third-order valence-electron chi connectivity index (χ3n) is 1.98. The fourth-order valence-electron chi connectivity index (χ4n) is 1.15. The fraction of sp³-hybridized carbons (Fsp3) is 0.400. The van der Waals surface area contributed by atoms with Gasteiger partial charge in [0.1, 0.15) is 5.69 Å². The van der Waals surface area contributed by atoms with Crippen molar-refractivity contribution in [1.82, 2.24) is 9.82 Å². The first kappa shape index (κ1) is 11.1. The number of aromatic nitrogens is 1. The first-order valence-corrected chi connectivity index (χ1v) is 4.86. The lowest BCUT2D eigenvalue weighted by atomic mass is 9.99. The molecule has 0 bridgehead atoms. The highest BCUT2D eigenvalue weighted by Crippen LogP contribution is 2.09. The van der Waals surface area contributed by atoms with Crippen LogP contribution in [0.2, 0.25) is 0 Å². The second kappa shape index (κ2) is 5.08. The predicted octanol–water partition coefficient (Wildman–Crippen LogP) is 2.03. The standard InChI is InChI=1S/C10H13ClN2O/c1-7(2)9(13-11)10(14)8-5-3-4-6-12-8/h3-7,9,13H,1-2H3/t9-/m0/s1. The highest BCUT2D eigenvalue weighted by molar-refractivity contribution is 6.16. The maximum atomic E-state index is 11.8. The minimum atomic E-state index is -0.383. The van der Waals surface area contributed by atoms with Crippen LogP contribution in [0.3, 0.4) is 0 Å². The molecule has 0 aromatic carbocycles. The third-order valence-corrected chi connectivity index (χ3v) is 2.22. The molecule has 1 aromatic rings. The van der Waals surface area contributed by atoms with Gasteiger partial charge in [-0.2, -0.15) is 0 Å². The van der Waals surface area contributed by atoms with Crippen molar-refractivity contribution in [2.45, 2.75) is 19.9 Å². The molecule has 0 fully saturated rings. The summed E-state index contributed by atoms with van der Waals surface area (Å²) in [6.07, 6.45) is 1.60. The molecule has 14 heavy (non-hydrogen) atoms. The smallest absolute Gasteiger partial charge is 0.199 e. The van der Waals surface area contributed by atoms with Crippen LogP contribution < -0.4 is 4.84 Å². The number of rotatable bonds is 4. The zero-order valence-electron chi connectivity index (χ0n) is 8.20. The van der Waals surface area contributed by atoms with E-state index < -0.39 is 0 Å². The van der Waals surface area contributed by atoms with E-state index in [0.29, 0.717) is 5.69 Å². The molecule has 0 spiro atoms. The van der Waals surface area contributed by atoms with Crippen LogP contribution in [0.5, 0.6) is 0 Å². The van der Waals surface area contributed by atoms with Crippen LogP contribution in [0.1, 0.15) is 24.3 Å². The van der Waals surface area contributed by atoms with Crippen molar-refractivity contribution < 1.29 is 4.79 Å². The molecule has 0 unspecified atom stereocenters. The first-order chi connectivity index (χ1) is 6.66. The molecule has 0 radical (unpaired) electrons. The van der Waals surface area contributed by atoms with E-state index in [9.17, 15) is 4.79 Å². The molecule has 1 aromatic heterocycles. The van der Waals surface area contributed by atoms with E-state index in [1.54, 1.807) is 24.4 Å². The van der Waals surface area contributed by atoms with Gasteiger partial charge in [-0.1, -0.05) is 19.9 Å².